The summed E-state index contributed by atoms with van der Waals surface area (Å²) in [6, 6.07) is 1.89. The van der Waals surface area contributed by atoms with E-state index in [1.807, 2.05) is 11.4 Å². The van der Waals surface area contributed by atoms with Gasteiger partial charge in [-0.25, -0.2) is 9.97 Å². The molecule has 7 heteroatoms. The molecule has 106 valence electrons. The fourth-order valence-electron chi connectivity index (χ4n) is 2.10. The fourth-order valence-corrected chi connectivity index (χ4v) is 2.82. The summed E-state index contributed by atoms with van der Waals surface area (Å²) in [6.07, 6.45) is 3.65. The molecule has 3 rings (SSSR count). The smallest absolute Gasteiger partial charge is 0.258 e. The number of hydrogen-bond acceptors (Lipinski definition) is 6. The highest BCUT2D eigenvalue weighted by atomic mass is 32.1. The SMILES string of the molecule is O=C(COc1ncnc2sccc12)NC[C@H]1CCCO1. The topological polar surface area (TPSA) is 73.3 Å². The first kappa shape index (κ1) is 13.3. The molecule has 0 aromatic carbocycles. The summed E-state index contributed by atoms with van der Waals surface area (Å²) >= 11 is 1.51. The van der Waals surface area contributed by atoms with Crippen LogP contribution in [0.2, 0.25) is 0 Å². The molecular formula is C13H15N3O3S. The van der Waals surface area contributed by atoms with Crippen LogP contribution in [0, 0.1) is 0 Å². The number of aromatic nitrogens is 2. The molecule has 1 fully saturated rings. The Balaban J connectivity index is 1.51. The Hall–Kier alpha value is -1.73. The minimum absolute atomic E-state index is 0.0469. The second kappa shape index (κ2) is 6.15. The van der Waals surface area contributed by atoms with E-state index in [4.69, 9.17) is 9.47 Å². The maximum Gasteiger partial charge on any atom is 0.258 e. The molecule has 20 heavy (non-hydrogen) atoms. The van der Waals surface area contributed by atoms with Gasteiger partial charge < -0.3 is 14.8 Å². The molecule has 1 N–H and O–H groups in total. The highest BCUT2D eigenvalue weighted by Crippen LogP contribution is 2.25. The lowest BCUT2D eigenvalue weighted by molar-refractivity contribution is -0.123. The number of ether oxygens (including phenoxy) is 2. The van der Waals surface area contributed by atoms with Crippen LogP contribution in [0.3, 0.4) is 0 Å². The molecule has 6 nitrogen and oxygen atoms in total. The summed E-state index contributed by atoms with van der Waals surface area (Å²) in [5, 5.41) is 5.56. The van der Waals surface area contributed by atoms with E-state index < -0.39 is 0 Å². The first-order chi connectivity index (χ1) is 9.83. The molecule has 0 spiro atoms. The predicted octanol–water partition coefficient (Wildman–Crippen LogP) is 1.37. The molecular weight excluding hydrogens is 278 g/mol. The molecule has 1 amide bonds. The highest BCUT2D eigenvalue weighted by molar-refractivity contribution is 7.16. The number of rotatable bonds is 5. The maximum atomic E-state index is 11.7. The Bertz CT molecular complexity index is 595. The standard InChI is InChI=1S/C13H15N3O3S/c17-11(14-6-9-2-1-4-18-9)7-19-12-10-3-5-20-13(10)16-8-15-12/h3,5,8-9H,1-2,4,6-7H2,(H,14,17)/t9-/m1/s1. The van der Waals surface area contributed by atoms with Crippen molar-refractivity contribution in [3.63, 3.8) is 0 Å². The van der Waals surface area contributed by atoms with E-state index in [0.717, 1.165) is 29.7 Å². The van der Waals surface area contributed by atoms with E-state index in [2.05, 4.69) is 15.3 Å². The Labute approximate surface area is 120 Å². The quantitative estimate of drug-likeness (QED) is 0.901. The van der Waals surface area contributed by atoms with Gasteiger partial charge in [0.2, 0.25) is 5.88 Å². The van der Waals surface area contributed by atoms with Gasteiger partial charge in [0.05, 0.1) is 11.5 Å². The minimum atomic E-state index is -0.164. The van der Waals surface area contributed by atoms with Crippen molar-refractivity contribution in [3.05, 3.63) is 17.8 Å². The van der Waals surface area contributed by atoms with Crippen molar-refractivity contribution in [3.8, 4) is 5.88 Å². The number of hydrogen-bond donors (Lipinski definition) is 1. The van der Waals surface area contributed by atoms with Crippen molar-refractivity contribution < 1.29 is 14.3 Å². The number of nitrogens with zero attached hydrogens (tertiary/aromatic N) is 2. The van der Waals surface area contributed by atoms with Crippen LogP contribution in [0.1, 0.15) is 12.8 Å². The lowest BCUT2D eigenvalue weighted by Crippen LogP contribution is -2.35. The van der Waals surface area contributed by atoms with Gasteiger partial charge >= 0.3 is 0 Å². The molecule has 0 unspecified atom stereocenters. The van der Waals surface area contributed by atoms with Gasteiger partial charge in [-0.05, 0) is 24.3 Å². The van der Waals surface area contributed by atoms with Crippen LogP contribution in [0.15, 0.2) is 17.8 Å². The van der Waals surface area contributed by atoms with Crippen molar-refractivity contribution in [2.24, 2.45) is 0 Å². The second-order valence-corrected chi connectivity index (χ2v) is 5.44. The van der Waals surface area contributed by atoms with Gasteiger partial charge in [-0.1, -0.05) is 0 Å². The average molecular weight is 293 g/mol. The number of carbonyl (C=O) groups excluding carboxylic acids is 1. The molecule has 2 aromatic heterocycles. The Kier molecular flexibility index (Phi) is 4.08. The van der Waals surface area contributed by atoms with Crippen LogP contribution >= 0.6 is 11.3 Å². The summed E-state index contributed by atoms with van der Waals surface area (Å²) in [7, 11) is 0. The fraction of sp³-hybridized carbons (Fsp3) is 0.462. The normalized spacial score (nSPS) is 18.3. The van der Waals surface area contributed by atoms with E-state index in [-0.39, 0.29) is 18.6 Å². The molecule has 0 radical (unpaired) electrons. The molecule has 0 aliphatic carbocycles. The van der Waals surface area contributed by atoms with Gasteiger partial charge in [-0.2, -0.15) is 0 Å². The lowest BCUT2D eigenvalue weighted by atomic mass is 10.2. The monoisotopic (exact) mass is 293 g/mol. The minimum Gasteiger partial charge on any atom is -0.467 e. The van der Waals surface area contributed by atoms with E-state index >= 15 is 0 Å². The van der Waals surface area contributed by atoms with E-state index in [0.29, 0.717) is 12.4 Å². The predicted molar refractivity (Wildman–Crippen MR) is 74.9 cm³/mol. The highest BCUT2D eigenvalue weighted by Gasteiger charge is 2.16. The molecule has 2 aromatic rings. The average Bonchev–Trinajstić information content (AvgIpc) is 3.13. The zero-order valence-electron chi connectivity index (χ0n) is 10.9. The first-order valence-corrected chi connectivity index (χ1v) is 7.40. The number of fused-ring (bicyclic) bond motifs is 1. The lowest BCUT2D eigenvalue weighted by Gasteiger charge is -2.11. The van der Waals surface area contributed by atoms with Crippen LogP contribution in [0.5, 0.6) is 5.88 Å². The molecule has 1 aliphatic heterocycles. The third-order valence-electron chi connectivity index (χ3n) is 3.12. The van der Waals surface area contributed by atoms with E-state index in [1.165, 1.54) is 17.7 Å². The van der Waals surface area contributed by atoms with Gasteiger partial charge in [0.1, 0.15) is 11.2 Å². The second-order valence-electron chi connectivity index (χ2n) is 4.55. The summed E-state index contributed by atoms with van der Waals surface area (Å²) < 4.78 is 10.9. The number of carbonyl (C=O) groups is 1. The number of thiophene rings is 1. The molecule has 1 atom stereocenters. The van der Waals surface area contributed by atoms with Crippen molar-refractivity contribution in [2.45, 2.75) is 18.9 Å². The van der Waals surface area contributed by atoms with Crippen LogP contribution in [0.25, 0.3) is 10.2 Å². The van der Waals surface area contributed by atoms with Crippen molar-refractivity contribution in [1.29, 1.82) is 0 Å². The van der Waals surface area contributed by atoms with Gasteiger partial charge in [0, 0.05) is 13.2 Å². The van der Waals surface area contributed by atoms with E-state index in [9.17, 15) is 4.79 Å². The van der Waals surface area contributed by atoms with Crippen molar-refractivity contribution in [1.82, 2.24) is 15.3 Å². The van der Waals surface area contributed by atoms with Crippen LogP contribution in [-0.2, 0) is 9.53 Å². The third kappa shape index (κ3) is 3.05. The zero-order valence-corrected chi connectivity index (χ0v) is 11.7. The molecule has 1 aliphatic rings. The molecule has 3 heterocycles. The van der Waals surface area contributed by atoms with Crippen LogP contribution < -0.4 is 10.1 Å². The first-order valence-electron chi connectivity index (χ1n) is 6.52. The maximum absolute atomic E-state index is 11.7. The number of nitrogens with one attached hydrogen (secondary N) is 1. The Morgan fingerprint density at radius 2 is 2.50 bits per heavy atom. The van der Waals surface area contributed by atoms with Crippen molar-refractivity contribution >= 4 is 27.5 Å². The molecule has 0 saturated carbocycles. The zero-order chi connectivity index (χ0) is 13.8. The summed E-state index contributed by atoms with van der Waals surface area (Å²) in [4.78, 5) is 20.8. The van der Waals surface area contributed by atoms with Gasteiger partial charge in [-0.3, -0.25) is 4.79 Å². The van der Waals surface area contributed by atoms with Gasteiger partial charge in [0.25, 0.3) is 5.91 Å². The summed E-state index contributed by atoms with van der Waals surface area (Å²) in [6.45, 7) is 1.28. The largest absolute Gasteiger partial charge is 0.467 e. The van der Waals surface area contributed by atoms with E-state index in [1.54, 1.807) is 0 Å². The van der Waals surface area contributed by atoms with Crippen molar-refractivity contribution in [2.75, 3.05) is 19.8 Å². The number of amides is 1. The molecule has 1 saturated heterocycles. The third-order valence-corrected chi connectivity index (χ3v) is 3.94. The summed E-state index contributed by atoms with van der Waals surface area (Å²) in [5.41, 5.74) is 0. The summed E-state index contributed by atoms with van der Waals surface area (Å²) in [5.74, 6) is 0.283. The van der Waals surface area contributed by atoms with Crippen LogP contribution in [-0.4, -0.2) is 41.7 Å². The van der Waals surface area contributed by atoms with Gasteiger partial charge in [0.15, 0.2) is 6.61 Å². The Morgan fingerprint density at radius 1 is 1.55 bits per heavy atom. The molecule has 0 bridgehead atoms. The van der Waals surface area contributed by atoms with Gasteiger partial charge in [-0.15, -0.1) is 11.3 Å². The van der Waals surface area contributed by atoms with Crippen LogP contribution in [0.4, 0.5) is 0 Å². The Morgan fingerprint density at radius 3 is 3.35 bits per heavy atom.